The lowest BCUT2D eigenvalue weighted by atomic mass is 9.86. The topological polar surface area (TPSA) is 27.8 Å². The second kappa shape index (κ2) is 3.59. The fraction of sp³-hybridized carbons (Fsp3) is 0.385. The Labute approximate surface area is 93.9 Å². The van der Waals surface area contributed by atoms with E-state index in [1.807, 2.05) is 30.5 Å². The molecule has 0 unspecified atom stereocenters. The van der Waals surface area contributed by atoms with Crippen molar-refractivity contribution in [3.63, 3.8) is 0 Å². The van der Waals surface area contributed by atoms with Crippen LogP contribution >= 0.6 is 0 Å². The third-order valence-corrected chi connectivity index (χ3v) is 3.47. The van der Waals surface area contributed by atoms with Gasteiger partial charge >= 0.3 is 0 Å². The highest BCUT2D eigenvalue weighted by Crippen LogP contribution is 2.36. The minimum absolute atomic E-state index is 0.572. The van der Waals surface area contributed by atoms with Gasteiger partial charge in [-0.15, -0.1) is 0 Å². The van der Waals surface area contributed by atoms with Crippen molar-refractivity contribution in [1.82, 2.24) is 10.3 Å². The lowest BCUT2D eigenvalue weighted by Gasteiger charge is -2.30. The van der Waals surface area contributed by atoms with E-state index < -0.39 is 5.67 Å². The van der Waals surface area contributed by atoms with Crippen LogP contribution in [0.1, 0.15) is 18.4 Å². The molecule has 0 bridgehead atoms. The SMILES string of the molecule is FC1(c2ccc3[nH]ccc3c2)CCNCC1. The molecule has 1 fully saturated rings. The Hall–Kier alpha value is -1.35. The summed E-state index contributed by atoms with van der Waals surface area (Å²) >= 11 is 0. The molecule has 3 rings (SSSR count). The molecular formula is C13H15FN2. The number of aromatic amines is 1. The highest BCUT2D eigenvalue weighted by atomic mass is 19.1. The third kappa shape index (κ3) is 1.52. The van der Waals surface area contributed by atoms with Crippen molar-refractivity contribution in [2.24, 2.45) is 0 Å². The van der Waals surface area contributed by atoms with Crippen LogP contribution in [0.3, 0.4) is 0 Å². The van der Waals surface area contributed by atoms with E-state index in [1.54, 1.807) is 0 Å². The van der Waals surface area contributed by atoms with E-state index in [-0.39, 0.29) is 0 Å². The Morgan fingerprint density at radius 1 is 1.12 bits per heavy atom. The second-order valence-corrected chi connectivity index (χ2v) is 4.50. The van der Waals surface area contributed by atoms with Crippen LogP contribution in [0.15, 0.2) is 30.5 Å². The van der Waals surface area contributed by atoms with E-state index >= 15 is 0 Å². The van der Waals surface area contributed by atoms with E-state index in [9.17, 15) is 4.39 Å². The van der Waals surface area contributed by atoms with Gasteiger partial charge in [0.15, 0.2) is 0 Å². The summed E-state index contributed by atoms with van der Waals surface area (Å²) < 4.78 is 14.7. The summed E-state index contributed by atoms with van der Waals surface area (Å²) in [6.07, 6.45) is 3.04. The third-order valence-electron chi connectivity index (χ3n) is 3.47. The van der Waals surface area contributed by atoms with E-state index in [4.69, 9.17) is 0 Å². The molecule has 2 heterocycles. The van der Waals surface area contributed by atoms with Crippen molar-refractivity contribution in [3.05, 3.63) is 36.0 Å². The number of fused-ring (bicyclic) bond motifs is 1. The molecule has 0 radical (unpaired) electrons. The van der Waals surface area contributed by atoms with Gasteiger partial charge in [0.05, 0.1) is 0 Å². The van der Waals surface area contributed by atoms with E-state index in [2.05, 4.69) is 10.3 Å². The fourth-order valence-electron chi connectivity index (χ4n) is 2.44. The predicted molar refractivity (Wildman–Crippen MR) is 63.2 cm³/mol. The molecule has 0 spiro atoms. The number of nitrogens with one attached hydrogen (secondary N) is 2. The average molecular weight is 218 g/mol. The van der Waals surface area contributed by atoms with Crippen molar-refractivity contribution in [2.45, 2.75) is 18.5 Å². The molecule has 2 aromatic rings. The van der Waals surface area contributed by atoms with Gasteiger partial charge in [-0.3, -0.25) is 0 Å². The van der Waals surface area contributed by atoms with Gasteiger partial charge in [-0.1, -0.05) is 6.07 Å². The van der Waals surface area contributed by atoms with Crippen LogP contribution < -0.4 is 5.32 Å². The first-order valence-corrected chi connectivity index (χ1v) is 5.75. The predicted octanol–water partition coefficient (Wildman–Crippen LogP) is 2.72. The first kappa shape index (κ1) is 9.85. The summed E-state index contributed by atoms with van der Waals surface area (Å²) in [6.45, 7) is 1.53. The summed E-state index contributed by atoms with van der Waals surface area (Å²) in [7, 11) is 0. The lowest BCUT2D eigenvalue weighted by Crippen LogP contribution is -2.36. The maximum Gasteiger partial charge on any atom is 0.138 e. The first-order chi connectivity index (χ1) is 7.78. The molecule has 3 heteroatoms. The smallest absolute Gasteiger partial charge is 0.138 e. The van der Waals surface area contributed by atoms with Gasteiger partial charge in [-0.2, -0.15) is 0 Å². The lowest BCUT2D eigenvalue weighted by molar-refractivity contribution is 0.115. The average Bonchev–Trinajstić information content (AvgIpc) is 2.77. The summed E-state index contributed by atoms with van der Waals surface area (Å²) in [5, 5.41) is 4.29. The summed E-state index contributed by atoms with van der Waals surface area (Å²) in [5.74, 6) is 0. The summed E-state index contributed by atoms with van der Waals surface area (Å²) in [5.41, 5.74) is 0.749. The Morgan fingerprint density at radius 3 is 2.75 bits per heavy atom. The molecule has 0 aliphatic carbocycles. The molecule has 1 aliphatic rings. The zero-order valence-electron chi connectivity index (χ0n) is 9.09. The van der Waals surface area contributed by atoms with Crippen LogP contribution in [0.5, 0.6) is 0 Å². The summed E-state index contributed by atoms with van der Waals surface area (Å²) in [4.78, 5) is 3.13. The molecule has 16 heavy (non-hydrogen) atoms. The highest BCUT2D eigenvalue weighted by molar-refractivity contribution is 5.80. The van der Waals surface area contributed by atoms with Crippen molar-refractivity contribution < 1.29 is 4.39 Å². The fourth-order valence-corrected chi connectivity index (χ4v) is 2.44. The van der Waals surface area contributed by atoms with Crippen molar-refractivity contribution in [2.75, 3.05) is 13.1 Å². The highest BCUT2D eigenvalue weighted by Gasteiger charge is 2.33. The minimum atomic E-state index is -1.14. The molecule has 84 valence electrons. The van der Waals surface area contributed by atoms with Crippen molar-refractivity contribution >= 4 is 10.9 Å². The number of halogens is 1. The molecule has 0 saturated carbocycles. The van der Waals surface area contributed by atoms with Crippen LogP contribution in [-0.4, -0.2) is 18.1 Å². The van der Waals surface area contributed by atoms with Gasteiger partial charge in [0, 0.05) is 11.7 Å². The normalized spacial score (nSPS) is 20.1. The van der Waals surface area contributed by atoms with Crippen LogP contribution in [-0.2, 0) is 5.67 Å². The number of hydrogen-bond donors (Lipinski definition) is 2. The maximum absolute atomic E-state index is 14.7. The van der Waals surface area contributed by atoms with Gasteiger partial charge in [0.1, 0.15) is 5.67 Å². The monoisotopic (exact) mass is 218 g/mol. The molecule has 0 atom stereocenters. The minimum Gasteiger partial charge on any atom is -0.361 e. The van der Waals surface area contributed by atoms with Crippen LogP contribution in [0.4, 0.5) is 4.39 Å². The number of piperidine rings is 1. The van der Waals surface area contributed by atoms with Crippen molar-refractivity contribution in [3.8, 4) is 0 Å². The quantitative estimate of drug-likeness (QED) is 0.756. The molecule has 0 amide bonds. The zero-order valence-corrected chi connectivity index (χ0v) is 9.09. The maximum atomic E-state index is 14.7. The molecule has 1 aliphatic heterocycles. The molecule has 2 N–H and O–H groups in total. The Balaban J connectivity index is 2.03. The van der Waals surface area contributed by atoms with Crippen molar-refractivity contribution in [1.29, 1.82) is 0 Å². The molecule has 1 aromatic carbocycles. The van der Waals surface area contributed by atoms with Crippen LogP contribution in [0.2, 0.25) is 0 Å². The Morgan fingerprint density at radius 2 is 1.94 bits per heavy atom. The van der Waals surface area contributed by atoms with Gasteiger partial charge in [0.25, 0.3) is 0 Å². The molecule has 1 saturated heterocycles. The molecule has 1 aromatic heterocycles. The zero-order chi connectivity index (χ0) is 11.0. The standard InChI is InChI=1S/C13H15FN2/c14-13(4-7-15-8-5-13)11-1-2-12-10(9-11)3-6-16-12/h1-3,6,9,15-16H,4-5,7-8H2. The van der Waals surface area contributed by atoms with E-state index in [0.29, 0.717) is 12.8 Å². The van der Waals surface area contributed by atoms with Gasteiger partial charge in [0.2, 0.25) is 0 Å². The van der Waals surface area contributed by atoms with Crippen LogP contribution in [0.25, 0.3) is 10.9 Å². The Kier molecular flexibility index (Phi) is 2.21. The van der Waals surface area contributed by atoms with Gasteiger partial charge in [-0.05, 0) is 55.1 Å². The number of aromatic nitrogens is 1. The number of H-pyrrole nitrogens is 1. The molecular weight excluding hydrogens is 203 g/mol. The van der Waals surface area contributed by atoms with E-state index in [0.717, 1.165) is 29.6 Å². The number of hydrogen-bond acceptors (Lipinski definition) is 1. The molecule has 2 nitrogen and oxygen atoms in total. The number of rotatable bonds is 1. The number of alkyl halides is 1. The van der Waals surface area contributed by atoms with Gasteiger partial charge in [-0.25, -0.2) is 4.39 Å². The van der Waals surface area contributed by atoms with E-state index in [1.165, 1.54) is 0 Å². The van der Waals surface area contributed by atoms with Gasteiger partial charge < -0.3 is 10.3 Å². The Bertz CT molecular complexity index is 497. The first-order valence-electron chi connectivity index (χ1n) is 5.75. The second-order valence-electron chi connectivity index (χ2n) is 4.50. The summed E-state index contributed by atoms with van der Waals surface area (Å²) in [6, 6.07) is 7.83. The largest absolute Gasteiger partial charge is 0.361 e. The van der Waals surface area contributed by atoms with Crippen LogP contribution in [0, 0.1) is 0 Å². The number of benzene rings is 1.